The van der Waals surface area contributed by atoms with Crippen LogP contribution in [0.2, 0.25) is 0 Å². The van der Waals surface area contributed by atoms with E-state index in [2.05, 4.69) is 6.07 Å². The molecule has 0 heterocycles. The molecule has 1 atom stereocenters. The third kappa shape index (κ3) is 4.39. The van der Waals surface area contributed by atoms with Crippen molar-refractivity contribution < 1.29 is 17.9 Å². The summed E-state index contributed by atoms with van der Waals surface area (Å²) >= 11 is 0. The van der Waals surface area contributed by atoms with Gasteiger partial charge in [0.25, 0.3) is 0 Å². The number of alkyl halides is 3. The molecule has 3 nitrogen and oxygen atoms in total. The van der Waals surface area contributed by atoms with E-state index in [1.54, 1.807) is 13.0 Å². The normalized spacial score (nSPS) is 13.9. The first-order valence-electron chi connectivity index (χ1n) is 6.41. The standard InChI is InChI=1S/C15H15F3N2O/c1-3-6-14(2,9-20)10-21-13-7-11(8-19)4-5-12(13)15(16,17)18/h4-5,7H,3,6,10H2,1-2H3. The average Bonchev–Trinajstić information content (AvgIpc) is 2.44. The number of halogens is 3. The lowest BCUT2D eigenvalue weighted by Gasteiger charge is -2.22. The van der Waals surface area contributed by atoms with Crippen molar-refractivity contribution in [1.29, 1.82) is 10.5 Å². The molecule has 0 amide bonds. The largest absolute Gasteiger partial charge is 0.491 e. The minimum atomic E-state index is -4.57. The van der Waals surface area contributed by atoms with Crippen LogP contribution in [0.1, 0.15) is 37.8 Å². The summed E-state index contributed by atoms with van der Waals surface area (Å²) in [7, 11) is 0. The van der Waals surface area contributed by atoms with Gasteiger partial charge in [0.05, 0.1) is 28.7 Å². The van der Waals surface area contributed by atoms with E-state index < -0.39 is 22.9 Å². The van der Waals surface area contributed by atoms with Crippen molar-refractivity contribution in [2.24, 2.45) is 5.41 Å². The zero-order chi connectivity index (χ0) is 16.1. The second-order valence-electron chi connectivity index (χ2n) is 5.03. The van der Waals surface area contributed by atoms with Crippen molar-refractivity contribution in [2.75, 3.05) is 6.61 Å². The summed E-state index contributed by atoms with van der Waals surface area (Å²) in [6.45, 7) is 3.36. The molecule has 1 aromatic carbocycles. The summed E-state index contributed by atoms with van der Waals surface area (Å²) < 4.78 is 43.9. The number of benzene rings is 1. The highest BCUT2D eigenvalue weighted by molar-refractivity contribution is 5.44. The summed E-state index contributed by atoms with van der Waals surface area (Å²) in [5, 5.41) is 17.9. The van der Waals surface area contributed by atoms with Crippen molar-refractivity contribution >= 4 is 0 Å². The molecular formula is C15H15F3N2O. The van der Waals surface area contributed by atoms with Crippen molar-refractivity contribution in [3.8, 4) is 17.9 Å². The maximum Gasteiger partial charge on any atom is 0.419 e. The van der Waals surface area contributed by atoms with E-state index in [0.29, 0.717) is 6.42 Å². The molecule has 0 aliphatic rings. The van der Waals surface area contributed by atoms with Gasteiger partial charge < -0.3 is 4.74 Å². The van der Waals surface area contributed by atoms with Gasteiger partial charge in [-0.1, -0.05) is 13.3 Å². The first-order valence-corrected chi connectivity index (χ1v) is 6.41. The van der Waals surface area contributed by atoms with Gasteiger partial charge in [0.1, 0.15) is 12.4 Å². The lowest BCUT2D eigenvalue weighted by Crippen LogP contribution is -2.24. The second-order valence-corrected chi connectivity index (χ2v) is 5.03. The predicted octanol–water partition coefficient (Wildman–Crippen LogP) is 4.29. The molecule has 1 aromatic rings. The lowest BCUT2D eigenvalue weighted by molar-refractivity contribution is -0.139. The minimum Gasteiger partial charge on any atom is -0.491 e. The molecule has 112 valence electrons. The fourth-order valence-corrected chi connectivity index (χ4v) is 1.89. The molecule has 0 aliphatic heterocycles. The van der Waals surface area contributed by atoms with Crippen LogP contribution in [-0.4, -0.2) is 6.61 Å². The molecule has 21 heavy (non-hydrogen) atoms. The van der Waals surface area contributed by atoms with Crippen LogP contribution < -0.4 is 4.74 Å². The molecule has 0 aliphatic carbocycles. The quantitative estimate of drug-likeness (QED) is 0.814. The molecule has 0 spiro atoms. The van der Waals surface area contributed by atoms with E-state index >= 15 is 0 Å². The second kappa shape index (κ2) is 6.49. The van der Waals surface area contributed by atoms with Crippen molar-refractivity contribution in [3.05, 3.63) is 29.3 Å². The third-order valence-corrected chi connectivity index (χ3v) is 3.03. The molecule has 0 fully saturated rings. The van der Waals surface area contributed by atoms with Gasteiger partial charge in [-0.25, -0.2) is 0 Å². The first-order chi connectivity index (χ1) is 9.75. The van der Waals surface area contributed by atoms with Crippen LogP contribution in [0.3, 0.4) is 0 Å². The van der Waals surface area contributed by atoms with E-state index in [1.165, 1.54) is 0 Å². The highest BCUT2D eigenvalue weighted by Crippen LogP contribution is 2.37. The van der Waals surface area contributed by atoms with Crippen LogP contribution in [0.25, 0.3) is 0 Å². The van der Waals surface area contributed by atoms with Crippen LogP contribution in [0.15, 0.2) is 18.2 Å². The van der Waals surface area contributed by atoms with E-state index in [4.69, 9.17) is 15.3 Å². The Kier molecular flexibility index (Phi) is 5.21. The van der Waals surface area contributed by atoms with Gasteiger partial charge in [-0.2, -0.15) is 23.7 Å². The number of ether oxygens (including phenoxy) is 1. The Bertz CT molecular complexity index is 584. The first kappa shape index (κ1) is 16.8. The van der Waals surface area contributed by atoms with Gasteiger partial charge in [-0.05, 0) is 31.5 Å². The number of rotatable bonds is 5. The summed E-state index contributed by atoms with van der Waals surface area (Å²) in [6, 6.07) is 6.79. The fraction of sp³-hybridized carbons (Fsp3) is 0.467. The minimum absolute atomic E-state index is 0.0761. The molecule has 1 unspecified atom stereocenters. The highest BCUT2D eigenvalue weighted by atomic mass is 19.4. The molecule has 6 heteroatoms. The Hall–Kier alpha value is -2.21. The van der Waals surface area contributed by atoms with Gasteiger partial charge in [0.2, 0.25) is 0 Å². The van der Waals surface area contributed by atoms with Crippen LogP contribution >= 0.6 is 0 Å². The van der Waals surface area contributed by atoms with Gasteiger partial charge >= 0.3 is 6.18 Å². The SMILES string of the molecule is CCCC(C)(C#N)COc1cc(C#N)ccc1C(F)(F)F. The maximum absolute atomic E-state index is 12.9. The van der Waals surface area contributed by atoms with Crippen LogP contribution in [-0.2, 0) is 6.18 Å². The van der Waals surface area contributed by atoms with Crippen LogP contribution in [0.5, 0.6) is 5.75 Å². The Labute approximate surface area is 121 Å². The Morgan fingerprint density at radius 3 is 2.38 bits per heavy atom. The van der Waals surface area contributed by atoms with Crippen molar-refractivity contribution in [3.63, 3.8) is 0 Å². The average molecular weight is 296 g/mol. The van der Waals surface area contributed by atoms with Gasteiger partial charge in [-0.15, -0.1) is 0 Å². The zero-order valence-corrected chi connectivity index (χ0v) is 11.8. The van der Waals surface area contributed by atoms with Crippen molar-refractivity contribution in [2.45, 2.75) is 32.9 Å². The monoisotopic (exact) mass is 296 g/mol. The molecule has 0 radical (unpaired) electrons. The number of nitriles is 2. The molecule has 0 aromatic heterocycles. The number of hydrogen-bond acceptors (Lipinski definition) is 3. The summed E-state index contributed by atoms with van der Waals surface area (Å²) in [5.74, 6) is -0.417. The van der Waals surface area contributed by atoms with Gasteiger partial charge in [0.15, 0.2) is 0 Å². The van der Waals surface area contributed by atoms with Crippen LogP contribution in [0.4, 0.5) is 13.2 Å². The molecule has 0 saturated heterocycles. The smallest absolute Gasteiger partial charge is 0.419 e. The summed E-state index contributed by atoms with van der Waals surface area (Å²) in [4.78, 5) is 0. The molecule has 1 rings (SSSR count). The fourth-order valence-electron chi connectivity index (χ4n) is 1.89. The number of nitrogens with zero attached hydrogens (tertiary/aromatic N) is 2. The Balaban J connectivity index is 3.07. The van der Waals surface area contributed by atoms with E-state index in [0.717, 1.165) is 24.6 Å². The summed E-state index contributed by atoms with van der Waals surface area (Å²) in [6.07, 6.45) is -3.34. The highest BCUT2D eigenvalue weighted by Gasteiger charge is 2.35. The third-order valence-electron chi connectivity index (χ3n) is 3.03. The Morgan fingerprint density at radius 2 is 1.90 bits per heavy atom. The van der Waals surface area contributed by atoms with Crippen molar-refractivity contribution in [1.82, 2.24) is 0 Å². The van der Waals surface area contributed by atoms with Gasteiger partial charge in [0, 0.05) is 0 Å². The van der Waals surface area contributed by atoms with E-state index in [9.17, 15) is 13.2 Å². The molecular weight excluding hydrogens is 281 g/mol. The van der Waals surface area contributed by atoms with E-state index in [-0.39, 0.29) is 12.2 Å². The topological polar surface area (TPSA) is 56.8 Å². The van der Waals surface area contributed by atoms with Crippen LogP contribution in [0, 0.1) is 28.1 Å². The molecule has 0 bridgehead atoms. The number of hydrogen-bond donors (Lipinski definition) is 0. The Morgan fingerprint density at radius 1 is 1.24 bits per heavy atom. The molecule has 0 saturated carbocycles. The lowest BCUT2D eigenvalue weighted by atomic mass is 9.88. The molecule has 0 N–H and O–H groups in total. The summed E-state index contributed by atoms with van der Waals surface area (Å²) in [5.41, 5.74) is -1.73. The maximum atomic E-state index is 12.9. The zero-order valence-electron chi connectivity index (χ0n) is 11.8. The predicted molar refractivity (Wildman–Crippen MR) is 70.3 cm³/mol. The van der Waals surface area contributed by atoms with E-state index in [1.807, 2.05) is 6.92 Å². The van der Waals surface area contributed by atoms with Gasteiger partial charge in [-0.3, -0.25) is 0 Å².